The lowest BCUT2D eigenvalue weighted by molar-refractivity contribution is -0.131. The van der Waals surface area contributed by atoms with Crippen LogP contribution in [-0.2, 0) is 21.4 Å². The average Bonchev–Trinajstić information content (AvgIpc) is 2.70. The maximum absolute atomic E-state index is 14.0. The van der Waals surface area contributed by atoms with Gasteiger partial charge in [0.1, 0.15) is 5.82 Å². The van der Waals surface area contributed by atoms with E-state index in [0.717, 1.165) is 10.6 Å². The van der Waals surface area contributed by atoms with Crippen LogP contribution in [0.3, 0.4) is 0 Å². The van der Waals surface area contributed by atoms with Gasteiger partial charge in [-0.2, -0.15) is 4.31 Å². The summed E-state index contributed by atoms with van der Waals surface area (Å²) in [6.45, 7) is 6.11. The highest BCUT2D eigenvalue weighted by atomic mass is 32.2. The maximum atomic E-state index is 14.0. The van der Waals surface area contributed by atoms with Gasteiger partial charge in [-0.15, -0.1) is 0 Å². The highest BCUT2D eigenvalue weighted by molar-refractivity contribution is 7.88. The summed E-state index contributed by atoms with van der Waals surface area (Å²) < 4.78 is 39.4. The first-order chi connectivity index (χ1) is 14.2. The van der Waals surface area contributed by atoms with Crippen LogP contribution in [0.4, 0.5) is 10.1 Å². The van der Waals surface area contributed by atoms with Crippen molar-refractivity contribution in [1.82, 2.24) is 9.21 Å². The van der Waals surface area contributed by atoms with Crippen molar-refractivity contribution in [2.24, 2.45) is 0 Å². The van der Waals surface area contributed by atoms with Crippen molar-refractivity contribution in [3.05, 3.63) is 65.0 Å². The lowest BCUT2D eigenvalue weighted by atomic mass is 10.1. The van der Waals surface area contributed by atoms with Crippen LogP contribution in [0, 0.1) is 19.7 Å². The number of carbonyl (C=O) groups is 1. The van der Waals surface area contributed by atoms with Crippen LogP contribution in [0.5, 0.6) is 0 Å². The van der Waals surface area contributed by atoms with E-state index < -0.39 is 15.8 Å². The molecule has 162 valence electrons. The monoisotopic (exact) mass is 433 g/mol. The first kappa shape index (κ1) is 22.2. The third-order valence-electron chi connectivity index (χ3n) is 5.63. The van der Waals surface area contributed by atoms with Gasteiger partial charge in [0.2, 0.25) is 15.9 Å². The maximum Gasteiger partial charge on any atom is 0.238 e. The number of benzene rings is 2. The fourth-order valence-corrected chi connectivity index (χ4v) is 4.35. The molecule has 0 unspecified atom stereocenters. The molecule has 30 heavy (non-hydrogen) atoms. The molecule has 0 bridgehead atoms. The summed E-state index contributed by atoms with van der Waals surface area (Å²) in [5, 5.41) is 0. The number of sulfonamides is 1. The van der Waals surface area contributed by atoms with E-state index in [4.69, 9.17) is 0 Å². The highest BCUT2D eigenvalue weighted by Gasteiger charge is 2.27. The van der Waals surface area contributed by atoms with Gasteiger partial charge < -0.3 is 9.80 Å². The Balaban J connectivity index is 1.64. The summed E-state index contributed by atoms with van der Waals surface area (Å²) in [5.74, 6) is -0.752. The molecule has 1 aliphatic rings. The largest absolute Gasteiger partial charge is 0.368 e. The number of halogens is 1. The normalized spacial score (nSPS) is 15.0. The van der Waals surface area contributed by atoms with Crippen LogP contribution < -0.4 is 4.90 Å². The number of rotatable bonds is 6. The summed E-state index contributed by atoms with van der Waals surface area (Å²) >= 11 is 0. The molecule has 1 amide bonds. The van der Waals surface area contributed by atoms with Crippen molar-refractivity contribution in [3.8, 4) is 0 Å². The fourth-order valence-electron chi connectivity index (χ4n) is 3.63. The van der Waals surface area contributed by atoms with Gasteiger partial charge in [0.05, 0.1) is 12.8 Å². The Morgan fingerprint density at radius 2 is 1.70 bits per heavy atom. The van der Waals surface area contributed by atoms with Crippen LogP contribution in [-0.4, -0.2) is 62.5 Å². The van der Waals surface area contributed by atoms with Crippen molar-refractivity contribution in [1.29, 1.82) is 0 Å². The van der Waals surface area contributed by atoms with Crippen molar-refractivity contribution >= 4 is 21.6 Å². The van der Waals surface area contributed by atoms with E-state index >= 15 is 0 Å². The molecule has 8 heteroatoms. The third kappa shape index (κ3) is 5.17. The van der Waals surface area contributed by atoms with Crippen LogP contribution >= 0.6 is 0 Å². The molecule has 2 aromatic carbocycles. The molecule has 1 aliphatic heterocycles. The summed E-state index contributed by atoms with van der Waals surface area (Å²) in [4.78, 5) is 16.7. The van der Waals surface area contributed by atoms with Crippen LogP contribution in [0.2, 0.25) is 0 Å². The molecule has 0 aliphatic carbocycles. The van der Waals surface area contributed by atoms with E-state index in [1.807, 2.05) is 6.07 Å². The smallest absolute Gasteiger partial charge is 0.238 e. The van der Waals surface area contributed by atoms with Gasteiger partial charge in [-0.3, -0.25) is 4.79 Å². The van der Waals surface area contributed by atoms with Gasteiger partial charge in [0.15, 0.2) is 0 Å². The molecular formula is C22H28FN3O3S. The Hall–Kier alpha value is -2.45. The summed E-state index contributed by atoms with van der Waals surface area (Å²) in [7, 11) is -3.67. The SMILES string of the molecule is Cc1cccc(N2CCN(C(=O)CN(Cc3ccccc3F)S(C)(=O)=O)CC2)c1C. The molecule has 0 atom stereocenters. The summed E-state index contributed by atoms with van der Waals surface area (Å²) in [5.41, 5.74) is 3.86. The Labute approximate surface area is 177 Å². The van der Waals surface area contributed by atoms with Gasteiger partial charge in [-0.1, -0.05) is 30.3 Å². The Morgan fingerprint density at radius 1 is 1.03 bits per heavy atom. The van der Waals surface area contributed by atoms with Crippen molar-refractivity contribution in [2.45, 2.75) is 20.4 Å². The number of aryl methyl sites for hydroxylation is 1. The molecule has 0 N–H and O–H groups in total. The number of hydrogen-bond donors (Lipinski definition) is 0. The van der Waals surface area contributed by atoms with Crippen LogP contribution in [0.15, 0.2) is 42.5 Å². The molecule has 1 heterocycles. The van der Waals surface area contributed by atoms with Gasteiger partial charge in [0.25, 0.3) is 0 Å². The van der Waals surface area contributed by atoms with Crippen molar-refractivity contribution in [3.63, 3.8) is 0 Å². The van der Waals surface area contributed by atoms with E-state index in [9.17, 15) is 17.6 Å². The topological polar surface area (TPSA) is 60.9 Å². The Morgan fingerprint density at radius 3 is 2.33 bits per heavy atom. The van der Waals surface area contributed by atoms with Crippen molar-refractivity contribution < 1.29 is 17.6 Å². The molecule has 0 saturated carbocycles. The standard InChI is InChI=1S/C22H28FN3O3S/c1-17-7-6-10-21(18(17)2)24-11-13-25(14-12-24)22(27)16-26(30(3,28)29)15-19-8-4-5-9-20(19)23/h4-10H,11-16H2,1-3H3. The fraction of sp³-hybridized carbons (Fsp3) is 0.409. The van der Waals surface area contributed by atoms with Crippen LogP contribution in [0.1, 0.15) is 16.7 Å². The first-order valence-corrected chi connectivity index (χ1v) is 11.8. The minimum Gasteiger partial charge on any atom is -0.368 e. The molecule has 0 aromatic heterocycles. The third-order valence-corrected chi connectivity index (χ3v) is 6.83. The second-order valence-electron chi connectivity index (χ2n) is 7.71. The molecule has 0 radical (unpaired) electrons. The summed E-state index contributed by atoms with van der Waals surface area (Å²) in [6.07, 6.45) is 1.04. The van der Waals surface area contributed by atoms with Gasteiger partial charge in [-0.25, -0.2) is 12.8 Å². The average molecular weight is 434 g/mol. The van der Waals surface area contributed by atoms with E-state index in [1.54, 1.807) is 17.0 Å². The Kier molecular flexibility index (Phi) is 6.77. The van der Waals surface area contributed by atoms with E-state index in [0.29, 0.717) is 26.2 Å². The minimum absolute atomic E-state index is 0.167. The highest BCUT2D eigenvalue weighted by Crippen LogP contribution is 2.24. The van der Waals surface area contributed by atoms with Gasteiger partial charge in [-0.05, 0) is 37.1 Å². The van der Waals surface area contributed by atoms with E-state index in [2.05, 4.69) is 30.9 Å². The van der Waals surface area contributed by atoms with Gasteiger partial charge in [0, 0.05) is 44.0 Å². The predicted molar refractivity (Wildman–Crippen MR) is 116 cm³/mol. The summed E-state index contributed by atoms with van der Waals surface area (Å²) in [6, 6.07) is 12.2. The zero-order valence-electron chi connectivity index (χ0n) is 17.6. The quantitative estimate of drug-likeness (QED) is 0.703. The van der Waals surface area contributed by atoms with Crippen LogP contribution in [0.25, 0.3) is 0 Å². The number of amides is 1. The molecule has 3 rings (SSSR count). The number of nitrogens with zero attached hydrogens (tertiary/aromatic N) is 3. The molecular weight excluding hydrogens is 405 g/mol. The second kappa shape index (κ2) is 9.14. The number of anilines is 1. The zero-order valence-corrected chi connectivity index (χ0v) is 18.5. The van der Waals surface area contributed by atoms with E-state index in [-0.39, 0.29) is 24.6 Å². The lowest BCUT2D eigenvalue weighted by Crippen LogP contribution is -2.51. The molecule has 0 spiro atoms. The molecule has 6 nitrogen and oxygen atoms in total. The molecule has 1 saturated heterocycles. The Bertz CT molecular complexity index is 1020. The number of hydrogen-bond acceptors (Lipinski definition) is 4. The van der Waals surface area contributed by atoms with Crippen molar-refractivity contribution in [2.75, 3.05) is 43.9 Å². The van der Waals surface area contributed by atoms with Gasteiger partial charge >= 0.3 is 0 Å². The second-order valence-corrected chi connectivity index (χ2v) is 9.69. The predicted octanol–water partition coefficient (Wildman–Crippen LogP) is 2.55. The zero-order chi connectivity index (χ0) is 21.9. The number of carbonyl (C=O) groups excluding carboxylic acids is 1. The number of piperazine rings is 1. The van der Waals surface area contributed by atoms with E-state index in [1.165, 1.54) is 28.9 Å². The minimum atomic E-state index is -3.67. The lowest BCUT2D eigenvalue weighted by Gasteiger charge is -2.37. The first-order valence-electron chi connectivity index (χ1n) is 9.94. The molecule has 2 aromatic rings. The molecule has 1 fully saturated rings.